The van der Waals surface area contributed by atoms with Crippen molar-refractivity contribution in [3.05, 3.63) is 23.8 Å². The number of fused-ring (bicyclic) bond motifs is 1. The highest BCUT2D eigenvalue weighted by molar-refractivity contribution is 5.96. The zero-order valence-corrected chi connectivity index (χ0v) is 9.66. The number of hydrogen-bond acceptors (Lipinski definition) is 3. The van der Waals surface area contributed by atoms with Crippen molar-refractivity contribution in [1.29, 1.82) is 0 Å². The van der Waals surface area contributed by atoms with Gasteiger partial charge in [0.25, 0.3) is 5.91 Å². The molecule has 1 amide bonds. The number of aryl methyl sites for hydroxylation is 1. The molecule has 1 fully saturated rings. The van der Waals surface area contributed by atoms with Gasteiger partial charge in [0, 0.05) is 5.54 Å². The normalized spacial score (nSPS) is 20.2. The van der Waals surface area contributed by atoms with Gasteiger partial charge in [0.2, 0.25) is 0 Å². The fourth-order valence-electron chi connectivity index (χ4n) is 2.16. The highest BCUT2D eigenvalue weighted by Crippen LogP contribution is 2.38. The number of nitrogens with one attached hydrogen (secondary N) is 1. The van der Waals surface area contributed by atoms with Gasteiger partial charge in [-0.05, 0) is 37.3 Å². The van der Waals surface area contributed by atoms with Gasteiger partial charge >= 0.3 is 0 Å². The van der Waals surface area contributed by atoms with Crippen LogP contribution in [0.3, 0.4) is 0 Å². The smallest absolute Gasteiger partial charge is 0.262 e. The molecule has 4 heteroatoms. The number of benzene rings is 1. The third-order valence-corrected chi connectivity index (χ3v) is 3.52. The number of nitrogens with two attached hydrogens (primary N) is 1. The van der Waals surface area contributed by atoms with Gasteiger partial charge in [-0.25, -0.2) is 0 Å². The number of carbonyl (C=O) groups excluding carboxylic acids is 1. The van der Waals surface area contributed by atoms with Crippen LogP contribution in [0.1, 0.15) is 24.8 Å². The minimum atomic E-state index is -0.0844. The lowest BCUT2D eigenvalue weighted by atomic mass is 10.0. The number of ether oxygens (including phenoxy) is 1. The standard InChI is InChI=1S/C13H16N2O2/c14-13(6-7-13)5-4-9-2-1-3-10-12(9)15-11(16)8-17-10/h1-3H,4-8,14H2,(H,15,16). The van der Waals surface area contributed by atoms with Gasteiger partial charge in [0.1, 0.15) is 5.75 Å². The van der Waals surface area contributed by atoms with E-state index in [1.807, 2.05) is 18.2 Å². The molecule has 0 bridgehead atoms. The number of anilines is 1. The fourth-order valence-corrected chi connectivity index (χ4v) is 2.16. The molecule has 0 saturated heterocycles. The number of rotatable bonds is 3. The van der Waals surface area contributed by atoms with Crippen molar-refractivity contribution in [2.24, 2.45) is 5.73 Å². The van der Waals surface area contributed by atoms with Crippen LogP contribution in [0.5, 0.6) is 5.75 Å². The Balaban J connectivity index is 1.81. The van der Waals surface area contributed by atoms with E-state index in [2.05, 4.69) is 5.32 Å². The Morgan fingerprint density at radius 2 is 2.24 bits per heavy atom. The molecule has 2 aliphatic rings. The Morgan fingerprint density at radius 1 is 1.41 bits per heavy atom. The second kappa shape index (κ2) is 3.74. The van der Waals surface area contributed by atoms with Crippen molar-refractivity contribution in [1.82, 2.24) is 0 Å². The molecule has 1 heterocycles. The van der Waals surface area contributed by atoms with Crippen LogP contribution in [0.15, 0.2) is 18.2 Å². The second-order valence-corrected chi connectivity index (χ2v) is 4.99. The molecule has 1 aromatic carbocycles. The number of carbonyl (C=O) groups is 1. The minimum Gasteiger partial charge on any atom is -0.482 e. The average Bonchev–Trinajstić information content (AvgIpc) is 3.05. The first-order valence-corrected chi connectivity index (χ1v) is 6.00. The predicted octanol–water partition coefficient (Wildman–Crippen LogP) is 1.44. The number of para-hydroxylation sites is 1. The largest absolute Gasteiger partial charge is 0.482 e. The van der Waals surface area contributed by atoms with Gasteiger partial charge in [-0.3, -0.25) is 4.79 Å². The summed E-state index contributed by atoms with van der Waals surface area (Å²) in [5.41, 5.74) is 8.07. The summed E-state index contributed by atoms with van der Waals surface area (Å²) in [6.45, 7) is 0.108. The lowest BCUT2D eigenvalue weighted by molar-refractivity contribution is -0.118. The highest BCUT2D eigenvalue weighted by atomic mass is 16.5. The van der Waals surface area contributed by atoms with Crippen LogP contribution in [0.2, 0.25) is 0 Å². The topological polar surface area (TPSA) is 64.3 Å². The Bertz CT molecular complexity index is 466. The third kappa shape index (κ3) is 2.13. The zero-order chi connectivity index (χ0) is 11.9. The Hall–Kier alpha value is -1.55. The first kappa shape index (κ1) is 10.6. The quantitative estimate of drug-likeness (QED) is 0.828. The van der Waals surface area contributed by atoms with Crippen LogP contribution in [0, 0.1) is 0 Å². The SMILES string of the molecule is NC1(CCc2cccc3c2NC(=O)CO3)CC1. The molecule has 0 radical (unpaired) electrons. The van der Waals surface area contributed by atoms with Crippen molar-refractivity contribution in [3.63, 3.8) is 0 Å². The van der Waals surface area contributed by atoms with E-state index in [1.54, 1.807) is 0 Å². The maximum Gasteiger partial charge on any atom is 0.262 e. The molecule has 1 aliphatic heterocycles. The molecule has 1 saturated carbocycles. The Kier molecular flexibility index (Phi) is 2.33. The molecule has 3 N–H and O–H groups in total. The first-order chi connectivity index (χ1) is 8.16. The van der Waals surface area contributed by atoms with E-state index in [0.717, 1.165) is 42.7 Å². The number of amides is 1. The van der Waals surface area contributed by atoms with Crippen molar-refractivity contribution in [3.8, 4) is 5.75 Å². The summed E-state index contributed by atoms with van der Waals surface area (Å²) in [4.78, 5) is 11.3. The fraction of sp³-hybridized carbons (Fsp3) is 0.462. The van der Waals surface area contributed by atoms with E-state index < -0.39 is 0 Å². The molecule has 0 unspecified atom stereocenters. The summed E-state index contributed by atoms with van der Waals surface area (Å²) < 4.78 is 5.38. The van der Waals surface area contributed by atoms with E-state index >= 15 is 0 Å². The van der Waals surface area contributed by atoms with Crippen LogP contribution in [-0.2, 0) is 11.2 Å². The summed E-state index contributed by atoms with van der Waals surface area (Å²) >= 11 is 0. The molecule has 90 valence electrons. The molecule has 0 atom stereocenters. The van der Waals surface area contributed by atoms with Gasteiger partial charge in [-0.2, -0.15) is 0 Å². The number of hydrogen-bond donors (Lipinski definition) is 2. The second-order valence-electron chi connectivity index (χ2n) is 4.99. The van der Waals surface area contributed by atoms with Crippen LogP contribution >= 0.6 is 0 Å². The van der Waals surface area contributed by atoms with Gasteiger partial charge in [-0.15, -0.1) is 0 Å². The minimum absolute atomic E-state index is 0.0439. The van der Waals surface area contributed by atoms with Gasteiger partial charge in [0.15, 0.2) is 6.61 Å². The van der Waals surface area contributed by atoms with E-state index in [0.29, 0.717) is 0 Å². The average molecular weight is 232 g/mol. The van der Waals surface area contributed by atoms with Crippen LogP contribution in [-0.4, -0.2) is 18.1 Å². The zero-order valence-electron chi connectivity index (χ0n) is 9.66. The maximum atomic E-state index is 11.3. The van der Waals surface area contributed by atoms with Crippen molar-refractivity contribution >= 4 is 11.6 Å². The lowest BCUT2D eigenvalue weighted by Gasteiger charge is -2.21. The predicted molar refractivity (Wildman–Crippen MR) is 65.0 cm³/mol. The maximum absolute atomic E-state index is 11.3. The highest BCUT2D eigenvalue weighted by Gasteiger charge is 2.37. The van der Waals surface area contributed by atoms with Crippen LogP contribution in [0.25, 0.3) is 0 Å². The molecular weight excluding hydrogens is 216 g/mol. The summed E-state index contributed by atoms with van der Waals surface area (Å²) in [5.74, 6) is 0.683. The molecule has 17 heavy (non-hydrogen) atoms. The molecule has 4 nitrogen and oxygen atoms in total. The Morgan fingerprint density at radius 3 is 3.00 bits per heavy atom. The molecule has 0 spiro atoms. The molecule has 0 aromatic heterocycles. The molecule has 1 aromatic rings. The lowest BCUT2D eigenvalue weighted by Crippen LogP contribution is -2.27. The van der Waals surface area contributed by atoms with E-state index in [4.69, 9.17) is 10.5 Å². The third-order valence-electron chi connectivity index (χ3n) is 3.52. The van der Waals surface area contributed by atoms with Crippen molar-refractivity contribution in [2.75, 3.05) is 11.9 Å². The van der Waals surface area contributed by atoms with E-state index in [-0.39, 0.29) is 18.1 Å². The summed E-state index contributed by atoms with van der Waals surface area (Å²) in [6.07, 6.45) is 4.10. The Labute approximate surface area is 100 Å². The monoisotopic (exact) mass is 232 g/mol. The van der Waals surface area contributed by atoms with E-state index in [1.165, 1.54) is 0 Å². The van der Waals surface area contributed by atoms with Gasteiger partial charge < -0.3 is 15.8 Å². The van der Waals surface area contributed by atoms with Gasteiger partial charge in [-0.1, -0.05) is 12.1 Å². The van der Waals surface area contributed by atoms with E-state index in [9.17, 15) is 4.79 Å². The molecule has 3 rings (SSSR count). The van der Waals surface area contributed by atoms with Crippen LogP contribution in [0.4, 0.5) is 5.69 Å². The summed E-state index contributed by atoms with van der Waals surface area (Å²) in [5, 5.41) is 2.88. The van der Waals surface area contributed by atoms with Crippen molar-refractivity contribution < 1.29 is 9.53 Å². The summed E-state index contributed by atoms with van der Waals surface area (Å²) in [6, 6.07) is 5.87. The van der Waals surface area contributed by atoms with Crippen molar-refractivity contribution in [2.45, 2.75) is 31.2 Å². The van der Waals surface area contributed by atoms with Gasteiger partial charge in [0.05, 0.1) is 5.69 Å². The molecule has 1 aliphatic carbocycles. The molecular formula is C13H16N2O2. The summed E-state index contributed by atoms with van der Waals surface area (Å²) in [7, 11) is 0. The van der Waals surface area contributed by atoms with Crippen LogP contribution < -0.4 is 15.8 Å². The first-order valence-electron chi connectivity index (χ1n) is 6.00.